The van der Waals surface area contributed by atoms with E-state index in [0.29, 0.717) is 0 Å². The highest BCUT2D eigenvalue weighted by atomic mass is 16.7. The van der Waals surface area contributed by atoms with Gasteiger partial charge in [-0.25, -0.2) is 9.59 Å². The van der Waals surface area contributed by atoms with Crippen LogP contribution in [0.1, 0.15) is 31.9 Å². The Morgan fingerprint density at radius 1 is 1.05 bits per heavy atom. The van der Waals surface area contributed by atoms with Crippen LogP contribution >= 0.6 is 0 Å². The standard InChI is InChI=1S/C25H25N3O9/c1-25(2,3)36-24(32)26-19(23(31)37-27-21(29)11-12-22(27)30)14-17-13-18(9-10-20(17)28(33)34)35-15-16-7-5-4-6-8-16/h4-13,19H,14-15H2,1-3H3,(H,26,32)/t19-/m0/s1. The SMILES string of the molecule is CC(C)(C)OC(=O)N[C@@H](Cc1cc(OCc2ccccc2)ccc1[N+](=O)[O-])C(=O)ON1C(=O)C=CC1=O. The van der Waals surface area contributed by atoms with Crippen molar-refractivity contribution >= 4 is 29.6 Å². The number of carbonyl (C=O) groups is 4. The fourth-order valence-corrected chi connectivity index (χ4v) is 3.23. The van der Waals surface area contributed by atoms with Gasteiger partial charge in [0.1, 0.15) is 24.0 Å². The summed E-state index contributed by atoms with van der Waals surface area (Å²) in [6.45, 7) is 4.99. The van der Waals surface area contributed by atoms with E-state index in [1.165, 1.54) is 18.2 Å². The van der Waals surface area contributed by atoms with Gasteiger partial charge in [0.2, 0.25) is 0 Å². The van der Waals surface area contributed by atoms with E-state index in [1.807, 2.05) is 30.3 Å². The molecule has 0 radical (unpaired) electrons. The first kappa shape index (κ1) is 26.9. The Kier molecular flexibility index (Phi) is 8.23. The third-order valence-corrected chi connectivity index (χ3v) is 4.85. The van der Waals surface area contributed by atoms with Gasteiger partial charge in [-0.05, 0) is 38.5 Å². The molecule has 0 spiro atoms. The molecule has 0 bridgehead atoms. The van der Waals surface area contributed by atoms with Gasteiger partial charge >= 0.3 is 12.1 Å². The van der Waals surface area contributed by atoms with Crippen LogP contribution in [0.4, 0.5) is 10.5 Å². The summed E-state index contributed by atoms with van der Waals surface area (Å²) in [4.78, 5) is 64.9. The number of nitro benzene ring substituents is 1. The highest BCUT2D eigenvalue weighted by molar-refractivity contribution is 6.12. The number of alkyl carbamates (subject to hydrolysis) is 1. The minimum Gasteiger partial charge on any atom is -0.489 e. The number of hydroxylamine groups is 2. The summed E-state index contributed by atoms with van der Waals surface area (Å²) in [6, 6.07) is 11.6. The summed E-state index contributed by atoms with van der Waals surface area (Å²) < 4.78 is 10.9. The maximum Gasteiger partial charge on any atom is 0.408 e. The average molecular weight is 511 g/mol. The molecule has 1 atom stereocenters. The molecular weight excluding hydrogens is 486 g/mol. The van der Waals surface area contributed by atoms with E-state index in [1.54, 1.807) is 20.8 Å². The fraction of sp³-hybridized carbons (Fsp3) is 0.280. The first-order chi connectivity index (χ1) is 17.4. The Hall–Kier alpha value is -4.74. The molecule has 2 aromatic rings. The van der Waals surface area contributed by atoms with Crippen LogP contribution in [0.5, 0.6) is 5.75 Å². The number of imide groups is 1. The Morgan fingerprint density at radius 2 is 1.70 bits per heavy atom. The molecular formula is C25H25N3O9. The van der Waals surface area contributed by atoms with Crippen molar-refractivity contribution in [3.05, 3.63) is 81.9 Å². The van der Waals surface area contributed by atoms with Gasteiger partial charge < -0.3 is 19.6 Å². The van der Waals surface area contributed by atoms with E-state index in [-0.39, 0.29) is 28.7 Å². The molecule has 1 aliphatic heterocycles. The van der Waals surface area contributed by atoms with Crippen LogP contribution in [0.25, 0.3) is 0 Å². The molecule has 1 N–H and O–H groups in total. The van der Waals surface area contributed by atoms with Crippen molar-refractivity contribution in [1.82, 2.24) is 10.4 Å². The van der Waals surface area contributed by atoms with Crippen LogP contribution in [0.3, 0.4) is 0 Å². The highest BCUT2D eigenvalue weighted by Crippen LogP contribution is 2.26. The molecule has 37 heavy (non-hydrogen) atoms. The molecule has 0 saturated heterocycles. The van der Waals surface area contributed by atoms with Crippen LogP contribution in [0.15, 0.2) is 60.7 Å². The normalized spacial score (nSPS) is 13.8. The van der Waals surface area contributed by atoms with Gasteiger partial charge in [0.05, 0.1) is 4.92 Å². The molecule has 194 valence electrons. The second-order valence-corrected chi connectivity index (χ2v) is 8.94. The monoisotopic (exact) mass is 511 g/mol. The van der Waals surface area contributed by atoms with Crippen molar-refractivity contribution in [2.24, 2.45) is 0 Å². The van der Waals surface area contributed by atoms with Crippen molar-refractivity contribution in [2.45, 2.75) is 45.4 Å². The summed E-state index contributed by atoms with van der Waals surface area (Å²) in [5.74, 6) is -2.71. The van der Waals surface area contributed by atoms with Crippen molar-refractivity contribution < 1.29 is 38.4 Å². The number of carbonyl (C=O) groups excluding carboxylic acids is 4. The minimum absolute atomic E-state index is 0.0331. The van der Waals surface area contributed by atoms with Gasteiger partial charge in [-0.2, -0.15) is 0 Å². The third kappa shape index (κ3) is 7.62. The van der Waals surface area contributed by atoms with Gasteiger partial charge in [-0.3, -0.25) is 19.7 Å². The van der Waals surface area contributed by atoms with Crippen LogP contribution in [-0.2, 0) is 37.0 Å². The lowest BCUT2D eigenvalue weighted by Crippen LogP contribution is -2.48. The van der Waals surface area contributed by atoms with Crippen LogP contribution < -0.4 is 10.1 Å². The number of nitro groups is 1. The quantitative estimate of drug-likeness (QED) is 0.304. The van der Waals surface area contributed by atoms with Crippen LogP contribution in [0.2, 0.25) is 0 Å². The Labute approximate surface area is 211 Å². The zero-order valence-corrected chi connectivity index (χ0v) is 20.3. The van der Waals surface area contributed by atoms with Crippen molar-refractivity contribution in [3.63, 3.8) is 0 Å². The summed E-state index contributed by atoms with van der Waals surface area (Å²) in [7, 11) is 0. The predicted octanol–water partition coefficient (Wildman–Crippen LogP) is 2.99. The lowest BCUT2D eigenvalue weighted by molar-refractivity contribution is -0.385. The van der Waals surface area contributed by atoms with Gasteiger partial charge in [-0.1, -0.05) is 35.4 Å². The van der Waals surface area contributed by atoms with Crippen LogP contribution in [-0.4, -0.2) is 45.5 Å². The largest absolute Gasteiger partial charge is 0.489 e. The van der Waals surface area contributed by atoms with E-state index in [2.05, 4.69) is 5.32 Å². The van der Waals surface area contributed by atoms with E-state index in [9.17, 15) is 29.3 Å². The van der Waals surface area contributed by atoms with Crippen molar-refractivity contribution in [3.8, 4) is 5.75 Å². The molecule has 0 saturated carbocycles. The molecule has 2 aromatic carbocycles. The molecule has 0 fully saturated rings. The Balaban J connectivity index is 1.86. The number of ether oxygens (including phenoxy) is 2. The molecule has 1 aliphatic rings. The van der Waals surface area contributed by atoms with Gasteiger partial charge in [0.15, 0.2) is 0 Å². The Morgan fingerprint density at radius 3 is 2.30 bits per heavy atom. The molecule has 0 aliphatic carbocycles. The average Bonchev–Trinajstić information content (AvgIpc) is 3.13. The fourth-order valence-electron chi connectivity index (χ4n) is 3.23. The molecule has 0 aromatic heterocycles. The zero-order valence-electron chi connectivity index (χ0n) is 20.3. The predicted molar refractivity (Wildman–Crippen MR) is 128 cm³/mol. The first-order valence-corrected chi connectivity index (χ1v) is 11.1. The molecule has 3 rings (SSSR count). The van der Waals surface area contributed by atoms with E-state index >= 15 is 0 Å². The second kappa shape index (κ2) is 11.3. The zero-order chi connectivity index (χ0) is 27.2. The van der Waals surface area contributed by atoms with Gasteiger partial charge in [0.25, 0.3) is 17.5 Å². The molecule has 12 heteroatoms. The van der Waals surface area contributed by atoms with Crippen LogP contribution in [0, 0.1) is 10.1 Å². The highest BCUT2D eigenvalue weighted by Gasteiger charge is 2.34. The molecule has 1 heterocycles. The van der Waals surface area contributed by atoms with Gasteiger partial charge in [-0.15, -0.1) is 0 Å². The molecule has 12 nitrogen and oxygen atoms in total. The number of nitrogens with one attached hydrogen (secondary N) is 1. The summed E-state index contributed by atoms with van der Waals surface area (Å²) >= 11 is 0. The second-order valence-electron chi connectivity index (χ2n) is 8.94. The summed E-state index contributed by atoms with van der Waals surface area (Å²) in [5.41, 5.74) is -0.360. The number of amides is 3. The summed E-state index contributed by atoms with van der Waals surface area (Å²) in [5, 5.41) is 14.2. The summed E-state index contributed by atoms with van der Waals surface area (Å²) in [6.07, 6.45) is 0.376. The third-order valence-electron chi connectivity index (χ3n) is 4.85. The maximum atomic E-state index is 12.9. The van der Waals surface area contributed by atoms with Gasteiger partial charge in [0, 0.05) is 30.2 Å². The number of hydrogen-bond donors (Lipinski definition) is 1. The van der Waals surface area contributed by atoms with E-state index in [0.717, 1.165) is 17.7 Å². The first-order valence-electron chi connectivity index (χ1n) is 11.1. The lowest BCUT2D eigenvalue weighted by Gasteiger charge is -2.24. The minimum atomic E-state index is -1.56. The lowest BCUT2D eigenvalue weighted by atomic mass is 10.0. The number of hydrogen-bond acceptors (Lipinski definition) is 9. The topological polar surface area (TPSA) is 154 Å². The number of benzene rings is 2. The Bertz CT molecular complexity index is 1220. The van der Waals surface area contributed by atoms with E-state index in [4.69, 9.17) is 14.3 Å². The van der Waals surface area contributed by atoms with Crippen molar-refractivity contribution in [1.29, 1.82) is 0 Å². The molecule has 3 amide bonds. The maximum absolute atomic E-state index is 12.9. The van der Waals surface area contributed by atoms with Crippen molar-refractivity contribution in [2.75, 3.05) is 0 Å². The molecule has 0 unspecified atom stereocenters. The van der Waals surface area contributed by atoms with E-state index < -0.39 is 46.9 Å². The smallest absolute Gasteiger partial charge is 0.408 e. The number of rotatable bonds is 9. The number of nitrogens with zero attached hydrogens (tertiary/aromatic N) is 2.